The van der Waals surface area contributed by atoms with Crippen LogP contribution in [0.15, 0.2) is 5.51 Å². The molecule has 1 aromatic rings. The SMILES string of the molecule is CO[C@@H]1CN(Cc2scnc2C)[C@@H]2CCCO[C@@H]21.O=C(O)C(F)(F)F.O=C(O)C(F)(F)F. The smallest absolute Gasteiger partial charge is 0.475 e. The molecule has 15 heteroatoms. The molecule has 2 fully saturated rings. The van der Waals surface area contributed by atoms with Crippen molar-refractivity contribution in [2.45, 2.75) is 56.9 Å². The highest BCUT2D eigenvalue weighted by atomic mass is 32.1. The first-order valence-corrected chi connectivity index (χ1v) is 9.94. The number of aliphatic carboxylic acids is 2. The average Bonchev–Trinajstić information content (AvgIpc) is 3.25. The minimum absolute atomic E-state index is 0.225. The molecular weight excluding hydrogens is 474 g/mol. The van der Waals surface area contributed by atoms with Crippen LogP contribution in [0.25, 0.3) is 0 Å². The van der Waals surface area contributed by atoms with Gasteiger partial charge in [0.1, 0.15) is 6.10 Å². The predicted octanol–water partition coefficient (Wildman–Crippen LogP) is 3.10. The van der Waals surface area contributed by atoms with Crippen molar-refractivity contribution in [1.82, 2.24) is 9.88 Å². The molecular formula is C17H22F6N2O6S. The third-order valence-electron chi connectivity index (χ3n) is 4.56. The molecule has 0 radical (unpaired) electrons. The molecule has 0 amide bonds. The molecule has 2 aliphatic rings. The number of methoxy groups -OCH3 is 1. The number of halogens is 6. The largest absolute Gasteiger partial charge is 0.490 e. The van der Waals surface area contributed by atoms with E-state index >= 15 is 0 Å². The van der Waals surface area contributed by atoms with Gasteiger partial charge in [0, 0.05) is 37.7 Å². The number of likely N-dealkylation sites (tertiary alicyclic amines) is 1. The second-order valence-electron chi connectivity index (χ2n) is 6.72. The number of hydrogen-bond acceptors (Lipinski definition) is 7. The molecule has 0 aromatic carbocycles. The number of aryl methyl sites for hydroxylation is 1. The number of carbonyl (C=O) groups is 2. The van der Waals surface area contributed by atoms with Gasteiger partial charge in [0.05, 0.1) is 17.3 Å². The lowest BCUT2D eigenvalue weighted by Crippen LogP contribution is -2.41. The number of ether oxygens (including phenoxy) is 2. The second kappa shape index (κ2) is 11.8. The van der Waals surface area contributed by atoms with Crippen molar-refractivity contribution in [3.63, 3.8) is 0 Å². The summed E-state index contributed by atoms with van der Waals surface area (Å²) in [5, 5.41) is 14.2. The van der Waals surface area contributed by atoms with E-state index in [1.165, 1.54) is 11.3 Å². The summed E-state index contributed by atoms with van der Waals surface area (Å²) in [6, 6.07) is 0.519. The summed E-state index contributed by atoms with van der Waals surface area (Å²) in [5.74, 6) is -5.51. The zero-order valence-corrected chi connectivity index (χ0v) is 17.8. The van der Waals surface area contributed by atoms with Gasteiger partial charge >= 0.3 is 24.3 Å². The molecule has 184 valence electrons. The van der Waals surface area contributed by atoms with E-state index in [0.29, 0.717) is 6.04 Å². The molecule has 0 saturated carbocycles. The van der Waals surface area contributed by atoms with Crippen LogP contribution in [0.2, 0.25) is 0 Å². The molecule has 1 aromatic heterocycles. The zero-order valence-electron chi connectivity index (χ0n) is 16.9. The Morgan fingerprint density at radius 3 is 2.16 bits per heavy atom. The van der Waals surface area contributed by atoms with Gasteiger partial charge in [0.2, 0.25) is 0 Å². The summed E-state index contributed by atoms with van der Waals surface area (Å²) in [6.07, 6.45) is -7.29. The minimum Gasteiger partial charge on any atom is -0.475 e. The maximum Gasteiger partial charge on any atom is 0.490 e. The highest BCUT2D eigenvalue weighted by Crippen LogP contribution is 2.32. The van der Waals surface area contributed by atoms with Crippen molar-refractivity contribution in [3.8, 4) is 0 Å². The lowest BCUT2D eigenvalue weighted by Gasteiger charge is -2.32. The Labute approximate surface area is 182 Å². The van der Waals surface area contributed by atoms with E-state index in [1.807, 2.05) is 5.51 Å². The van der Waals surface area contributed by atoms with E-state index in [1.54, 1.807) is 18.4 Å². The number of carboxylic acid groups (broad SMARTS) is 2. The average molecular weight is 496 g/mol. The number of rotatable bonds is 3. The van der Waals surface area contributed by atoms with Gasteiger partial charge in [-0.2, -0.15) is 26.3 Å². The van der Waals surface area contributed by atoms with Crippen molar-refractivity contribution >= 4 is 23.3 Å². The predicted molar refractivity (Wildman–Crippen MR) is 98.2 cm³/mol. The Bertz CT molecular complexity index is 733. The molecule has 32 heavy (non-hydrogen) atoms. The quantitative estimate of drug-likeness (QED) is 0.615. The lowest BCUT2D eigenvalue weighted by molar-refractivity contribution is -0.193. The summed E-state index contributed by atoms with van der Waals surface area (Å²) in [4.78, 5) is 26.0. The monoisotopic (exact) mass is 496 g/mol. The van der Waals surface area contributed by atoms with Crippen LogP contribution < -0.4 is 0 Å². The van der Waals surface area contributed by atoms with E-state index in [0.717, 1.165) is 31.8 Å². The number of aromatic nitrogens is 1. The van der Waals surface area contributed by atoms with Gasteiger partial charge in [-0.25, -0.2) is 14.6 Å². The number of alkyl halides is 6. The zero-order chi connectivity index (χ0) is 24.7. The first-order chi connectivity index (χ1) is 14.7. The van der Waals surface area contributed by atoms with Crippen molar-refractivity contribution in [3.05, 3.63) is 16.1 Å². The van der Waals surface area contributed by atoms with Gasteiger partial charge in [-0.1, -0.05) is 0 Å². The van der Waals surface area contributed by atoms with Crippen LogP contribution >= 0.6 is 11.3 Å². The lowest BCUT2D eigenvalue weighted by atomic mass is 10.0. The molecule has 8 nitrogen and oxygen atoms in total. The van der Waals surface area contributed by atoms with E-state index in [9.17, 15) is 26.3 Å². The van der Waals surface area contributed by atoms with Crippen LogP contribution in [0, 0.1) is 6.92 Å². The second-order valence-corrected chi connectivity index (χ2v) is 7.65. The Balaban J connectivity index is 0.000000305. The van der Waals surface area contributed by atoms with Gasteiger partial charge in [0.25, 0.3) is 0 Å². The molecule has 0 spiro atoms. The van der Waals surface area contributed by atoms with Crippen LogP contribution in [-0.4, -0.2) is 82.9 Å². The maximum absolute atomic E-state index is 10.6. The van der Waals surface area contributed by atoms with Crippen molar-refractivity contribution < 1.29 is 55.6 Å². The number of fused-ring (bicyclic) bond motifs is 1. The van der Waals surface area contributed by atoms with E-state index < -0.39 is 24.3 Å². The highest BCUT2D eigenvalue weighted by Gasteiger charge is 2.44. The maximum atomic E-state index is 10.6. The summed E-state index contributed by atoms with van der Waals surface area (Å²) in [7, 11) is 1.79. The van der Waals surface area contributed by atoms with E-state index in [4.69, 9.17) is 29.3 Å². The summed E-state index contributed by atoms with van der Waals surface area (Å²) in [6.45, 7) is 4.93. The normalized spacial score (nSPS) is 23.3. The van der Waals surface area contributed by atoms with Crippen LogP contribution in [0.4, 0.5) is 26.3 Å². The number of hydrogen-bond donors (Lipinski definition) is 2. The fourth-order valence-electron chi connectivity index (χ4n) is 3.06. The van der Waals surface area contributed by atoms with Crippen LogP contribution in [0.1, 0.15) is 23.4 Å². The van der Waals surface area contributed by atoms with E-state index in [2.05, 4.69) is 16.8 Å². The summed E-state index contributed by atoms with van der Waals surface area (Å²) < 4.78 is 75.0. The molecule has 0 bridgehead atoms. The molecule has 3 rings (SSSR count). The molecule has 0 unspecified atom stereocenters. The van der Waals surface area contributed by atoms with Crippen molar-refractivity contribution in [1.29, 1.82) is 0 Å². The first kappa shape index (κ1) is 28.1. The molecule has 2 aliphatic heterocycles. The van der Waals surface area contributed by atoms with Gasteiger partial charge in [-0.3, -0.25) is 4.90 Å². The van der Waals surface area contributed by atoms with Crippen LogP contribution in [0.3, 0.4) is 0 Å². The van der Waals surface area contributed by atoms with Gasteiger partial charge in [-0.05, 0) is 19.8 Å². The Morgan fingerprint density at radius 2 is 1.75 bits per heavy atom. The van der Waals surface area contributed by atoms with Crippen molar-refractivity contribution in [2.24, 2.45) is 0 Å². The summed E-state index contributed by atoms with van der Waals surface area (Å²) >= 11 is 1.75. The van der Waals surface area contributed by atoms with Gasteiger partial charge in [-0.15, -0.1) is 11.3 Å². The van der Waals surface area contributed by atoms with Crippen LogP contribution in [-0.2, 0) is 25.6 Å². The molecule has 3 heterocycles. The van der Waals surface area contributed by atoms with Gasteiger partial charge in [0.15, 0.2) is 0 Å². The van der Waals surface area contributed by atoms with Crippen molar-refractivity contribution in [2.75, 3.05) is 20.3 Å². The number of thiazole rings is 1. The number of carboxylic acids is 2. The summed E-state index contributed by atoms with van der Waals surface area (Å²) in [5.41, 5.74) is 3.10. The molecule has 0 aliphatic carbocycles. The Hall–Kier alpha value is -1.97. The Morgan fingerprint density at radius 1 is 1.22 bits per heavy atom. The molecule has 2 N–H and O–H groups in total. The minimum atomic E-state index is -5.08. The fourth-order valence-corrected chi connectivity index (χ4v) is 3.86. The number of nitrogens with zero attached hydrogens (tertiary/aromatic N) is 2. The third-order valence-corrected chi connectivity index (χ3v) is 5.48. The first-order valence-electron chi connectivity index (χ1n) is 9.06. The fraction of sp³-hybridized carbons (Fsp3) is 0.706. The van der Waals surface area contributed by atoms with Crippen LogP contribution in [0.5, 0.6) is 0 Å². The standard InChI is InChI=1S/C13H20N2O2S.2C2HF3O2/c1-9-12(18-8-14-9)7-15-6-11(16-2)13-10(15)4-3-5-17-13;2*3-2(4,5)1(6)7/h8,10-11,13H,3-7H2,1-2H3;2*(H,6,7)/t10-,11-,13+;;/m1../s1. The van der Waals surface area contributed by atoms with E-state index in [-0.39, 0.29) is 12.2 Å². The Kier molecular flexibility index (Phi) is 10.3. The highest BCUT2D eigenvalue weighted by molar-refractivity contribution is 7.09. The molecule has 3 atom stereocenters. The third kappa shape index (κ3) is 8.52. The topological polar surface area (TPSA) is 109 Å². The molecule has 2 saturated heterocycles. The van der Waals surface area contributed by atoms with Gasteiger partial charge < -0.3 is 19.7 Å².